The molecule has 0 radical (unpaired) electrons. The van der Waals surface area contributed by atoms with E-state index in [1.54, 1.807) is 24.3 Å². The monoisotopic (exact) mass is 503 g/mol. The molecule has 4 rings (SSSR count). The molecule has 33 heavy (non-hydrogen) atoms. The average Bonchev–Trinajstić information content (AvgIpc) is 2.76. The van der Waals surface area contributed by atoms with E-state index in [1.807, 2.05) is 24.3 Å². The topological polar surface area (TPSA) is 97.6 Å². The molecule has 0 amide bonds. The quantitative estimate of drug-likeness (QED) is 0.648. The Hall–Kier alpha value is -2.57. The Bertz CT molecular complexity index is 1250. The summed E-state index contributed by atoms with van der Waals surface area (Å²) in [6, 6.07) is 15.0. The van der Waals surface area contributed by atoms with Crippen LogP contribution in [-0.2, 0) is 23.2 Å². The van der Waals surface area contributed by atoms with Crippen molar-refractivity contribution in [3.63, 3.8) is 0 Å². The molecular weight excluding hydrogens is 481 g/mol. The lowest BCUT2D eigenvalue weighted by atomic mass is 10.0. The first-order valence-electron chi connectivity index (χ1n) is 10.5. The second-order valence-corrected chi connectivity index (χ2v) is 10.3. The maximum atomic E-state index is 12.3. The number of allylic oxidation sites excluding steroid dienone is 1. The van der Waals surface area contributed by atoms with Crippen LogP contribution < -0.4 is 9.44 Å². The van der Waals surface area contributed by atoms with E-state index in [0.29, 0.717) is 33.6 Å². The zero-order valence-corrected chi connectivity index (χ0v) is 20.1. The summed E-state index contributed by atoms with van der Waals surface area (Å²) in [6.07, 6.45) is 3.63. The average molecular weight is 504 g/mol. The number of likely N-dealkylation sites (tertiary alicyclic amines) is 1. The molecule has 0 spiro atoms. The third kappa shape index (κ3) is 6.27. The first-order valence-corrected chi connectivity index (χ1v) is 12.8. The number of rotatable bonds is 5. The molecule has 2 N–H and O–H groups in total. The molecule has 1 saturated heterocycles. The van der Waals surface area contributed by atoms with Crippen molar-refractivity contribution in [3.05, 3.63) is 81.0 Å². The van der Waals surface area contributed by atoms with Crippen LogP contribution in [0.3, 0.4) is 0 Å². The van der Waals surface area contributed by atoms with Gasteiger partial charge < -0.3 is 0 Å². The van der Waals surface area contributed by atoms with Crippen LogP contribution in [0, 0.1) is 11.3 Å². The Morgan fingerprint density at radius 2 is 1.85 bits per heavy atom. The molecule has 0 unspecified atom stereocenters. The van der Waals surface area contributed by atoms with E-state index < -0.39 is 10.2 Å². The SMILES string of the molecule is N#Cc1ccccc1CN1CCC(N=C2C=C(Cc3ccc(Cl)cc3Cl)NS(=O)(=O)N2)CC1. The summed E-state index contributed by atoms with van der Waals surface area (Å²) in [4.78, 5) is 6.97. The Kier molecular flexibility index (Phi) is 7.25. The molecule has 172 valence electrons. The van der Waals surface area contributed by atoms with Gasteiger partial charge in [0.2, 0.25) is 0 Å². The highest BCUT2D eigenvalue weighted by molar-refractivity contribution is 7.88. The summed E-state index contributed by atoms with van der Waals surface area (Å²) >= 11 is 12.2. The highest BCUT2D eigenvalue weighted by atomic mass is 35.5. The van der Waals surface area contributed by atoms with Gasteiger partial charge in [-0.05, 0) is 42.2 Å². The van der Waals surface area contributed by atoms with Crippen LogP contribution in [0.15, 0.2) is 59.2 Å². The van der Waals surface area contributed by atoms with Gasteiger partial charge in [-0.3, -0.25) is 19.3 Å². The van der Waals surface area contributed by atoms with E-state index in [0.717, 1.165) is 43.6 Å². The highest BCUT2D eigenvalue weighted by Crippen LogP contribution is 2.24. The molecule has 1 fully saturated rings. The number of hydrogen-bond acceptors (Lipinski definition) is 5. The Morgan fingerprint density at radius 3 is 2.58 bits per heavy atom. The Balaban J connectivity index is 1.42. The molecule has 7 nitrogen and oxygen atoms in total. The molecule has 0 aliphatic carbocycles. The predicted molar refractivity (Wildman–Crippen MR) is 130 cm³/mol. The van der Waals surface area contributed by atoms with Gasteiger partial charge in [0.05, 0.1) is 17.7 Å². The first-order chi connectivity index (χ1) is 15.8. The number of benzene rings is 2. The molecule has 2 aliphatic heterocycles. The molecule has 0 aromatic heterocycles. The van der Waals surface area contributed by atoms with Gasteiger partial charge in [0, 0.05) is 47.9 Å². The number of halogens is 2. The minimum atomic E-state index is -3.74. The molecule has 2 heterocycles. The molecule has 2 aromatic rings. The van der Waals surface area contributed by atoms with Crippen LogP contribution in [-0.4, -0.2) is 38.3 Å². The lowest BCUT2D eigenvalue weighted by Crippen LogP contribution is -2.45. The molecule has 2 aromatic carbocycles. The summed E-state index contributed by atoms with van der Waals surface area (Å²) in [6.45, 7) is 2.36. The molecule has 10 heteroatoms. The summed E-state index contributed by atoms with van der Waals surface area (Å²) in [5, 5.41) is 10.3. The normalized spacial score (nSPS) is 19.9. The van der Waals surface area contributed by atoms with Gasteiger partial charge in [-0.1, -0.05) is 47.5 Å². The molecule has 2 aliphatic rings. The second kappa shape index (κ2) is 10.1. The van der Waals surface area contributed by atoms with Crippen molar-refractivity contribution in [3.8, 4) is 6.07 Å². The van der Waals surface area contributed by atoms with Crippen molar-refractivity contribution >= 4 is 39.2 Å². The molecule has 0 bridgehead atoms. The van der Waals surface area contributed by atoms with Crippen LogP contribution in [0.5, 0.6) is 0 Å². The lowest BCUT2D eigenvalue weighted by molar-refractivity contribution is 0.206. The van der Waals surface area contributed by atoms with Gasteiger partial charge in [-0.15, -0.1) is 0 Å². The molecule has 0 atom stereocenters. The smallest absolute Gasteiger partial charge is 0.299 e. The van der Waals surface area contributed by atoms with E-state index in [-0.39, 0.29) is 6.04 Å². The standard InChI is InChI=1S/C23H23Cl2N5O2S/c24-19-6-5-16(22(25)12-19)11-21-13-23(29-33(31,32)28-21)27-20-7-9-30(10-8-20)15-18-4-2-1-3-17(18)14-26/h1-6,12-13,20,28H,7-11,15H2,(H,27,29). The van der Waals surface area contributed by atoms with Crippen LogP contribution >= 0.6 is 23.2 Å². The van der Waals surface area contributed by atoms with Crippen molar-refractivity contribution in [2.45, 2.75) is 31.8 Å². The number of aliphatic imine (C=N–C) groups is 1. The second-order valence-electron chi connectivity index (χ2n) is 8.08. The number of hydrogen-bond donors (Lipinski definition) is 2. The summed E-state index contributed by atoms with van der Waals surface area (Å²) in [7, 11) is -3.74. The lowest BCUT2D eigenvalue weighted by Gasteiger charge is -2.31. The number of amidine groups is 1. The highest BCUT2D eigenvalue weighted by Gasteiger charge is 2.24. The van der Waals surface area contributed by atoms with Crippen molar-refractivity contribution in [2.24, 2.45) is 4.99 Å². The zero-order valence-electron chi connectivity index (χ0n) is 17.8. The van der Waals surface area contributed by atoms with Crippen molar-refractivity contribution in [1.82, 2.24) is 14.3 Å². The number of nitrogens with zero attached hydrogens (tertiary/aromatic N) is 3. The van der Waals surface area contributed by atoms with Gasteiger partial charge >= 0.3 is 10.2 Å². The number of piperidine rings is 1. The van der Waals surface area contributed by atoms with Crippen LogP contribution in [0.1, 0.15) is 29.5 Å². The number of nitrogens with one attached hydrogen (secondary N) is 2. The largest absolute Gasteiger partial charge is 0.322 e. The predicted octanol–water partition coefficient (Wildman–Crippen LogP) is 3.79. The fourth-order valence-electron chi connectivity index (χ4n) is 3.99. The Morgan fingerprint density at radius 1 is 1.09 bits per heavy atom. The third-order valence-corrected chi connectivity index (χ3v) is 7.22. The van der Waals surface area contributed by atoms with E-state index in [1.165, 1.54) is 0 Å². The fourth-order valence-corrected chi connectivity index (χ4v) is 5.38. The van der Waals surface area contributed by atoms with Crippen molar-refractivity contribution in [2.75, 3.05) is 13.1 Å². The maximum Gasteiger partial charge on any atom is 0.322 e. The van der Waals surface area contributed by atoms with E-state index in [2.05, 4.69) is 25.4 Å². The fraction of sp³-hybridized carbons (Fsp3) is 0.304. The minimum Gasteiger partial charge on any atom is -0.299 e. The van der Waals surface area contributed by atoms with Gasteiger partial charge in [0.15, 0.2) is 0 Å². The number of nitriles is 1. The van der Waals surface area contributed by atoms with Crippen LogP contribution in [0.4, 0.5) is 0 Å². The van der Waals surface area contributed by atoms with Crippen molar-refractivity contribution in [1.29, 1.82) is 5.26 Å². The van der Waals surface area contributed by atoms with Crippen LogP contribution in [0.2, 0.25) is 10.0 Å². The zero-order chi connectivity index (χ0) is 23.4. The van der Waals surface area contributed by atoms with Gasteiger partial charge in [0.1, 0.15) is 5.84 Å². The van der Waals surface area contributed by atoms with E-state index in [9.17, 15) is 13.7 Å². The van der Waals surface area contributed by atoms with Gasteiger partial charge in [-0.25, -0.2) is 0 Å². The van der Waals surface area contributed by atoms with Crippen molar-refractivity contribution < 1.29 is 8.42 Å². The Labute approximate surface area is 203 Å². The maximum absolute atomic E-state index is 12.3. The summed E-state index contributed by atoms with van der Waals surface area (Å²) in [5.74, 6) is 0.321. The van der Waals surface area contributed by atoms with E-state index in [4.69, 9.17) is 23.2 Å². The molecular formula is C23H23Cl2N5O2S. The minimum absolute atomic E-state index is 0.0138. The third-order valence-electron chi connectivity index (χ3n) is 5.62. The summed E-state index contributed by atoms with van der Waals surface area (Å²) < 4.78 is 29.6. The molecule has 0 saturated carbocycles. The summed E-state index contributed by atoms with van der Waals surface area (Å²) in [5.41, 5.74) is 2.97. The first kappa shape index (κ1) is 23.6. The van der Waals surface area contributed by atoms with Gasteiger partial charge in [0.25, 0.3) is 0 Å². The van der Waals surface area contributed by atoms with Gasteiger partial charge in [-0.2, -0.15) is 13.7 Å². The van der Waals surface area contributed by atoms with Crippen LogP contribution in [0.25, 0.3) is 0 Å². The van der Waals surface area contributed by atoms with E-state index >= 15 is 0 Å².